The standard InChI is InChI=1S/C13H21NO4/c1-6-13(5,11(17)18)14-9(15)7-12(4,8(2)3)10(14)16/h8H,6-7H2,1-5H3,(H,17,18). The smallest absolute Gasteiger partial charge is 0.329 e. The summed E-state index contributed by atoms with van der Waals surface area (Å²) in [6.45, 7) is 8.57. The second-order valence-corrected chi connectivity index (χ2v) is 5.72. The molecule has 1 aliphatic rings. The zero-order valence-electron chi connectivity index (χ0n) is 11.6. The first-order valence-corrected chi connectivity index (χ1v) is 6.22. The number of rotatable bonds is 4. The molecule has 0 aliphatic carbocycles. The molecule has 5 nitrogen and oxygen atoms in total. The molecular formula is C13H21NO4. The molecule has 2 unspecified atom stereocenters. The van der Waals surface area contributed by atoms with Crippen LogP contribution in [-0.4, -0.2) is 33.3 Å². The van der Waals surface area contributed by atoms with Crippen LogP contribution in [0.25, 0.3) is 0 Å². The Labute approximate surface area is 107 Å². The Morgan fingerprint density at radius 3 is 2.28 bits per heavy atom. The number of likely N-dealkylation sites (tertiary alicyclic amines) is 1. The van der Waals surface area contributed by atoms with E-state index in [1.165, 1.54) is 6.92 Å². The van der Waals surface area contributed by atoms with Crippen molar-refractivity contribution in [2.75, 3.05) is 0 Å². The highest BCUT2D eigenvalue weighted by molar-refractivity contribution is 6.09. The predicted molar refractivity (Wildman–Crippen MR) is 65.7 cm³/mol. The number of carboxylic acids is 1. The third-order valence-corrected chi connectivity index (χ3v) is 4.38. The van der Waals surface area contributed by atoms with Crippen molar-refractivity contribution in [1.82, 2.24) is 4.90 Å². The number of hydrogen-bond donors (Lipinski definition) is 1. The van der Waals surface area contributed by atoms with Gasteiger partial charge in [-0.2, -0.15) is 0 Å². The monoisotopic (exact) mass is 255 g/mol. The first-order valence-electron chi connectivity index (χ1n) is 6.22. The fraction of sp³-hybridized carbons (Fsp3) is 0.769. The fourth-order valence-corrected chi connectivity index (χ4v) is 2.19. The van der Waals surface area contributed by atoms with E-state index in [2.05, 4.69) is 0 Å². The molecule has 0 aromatic rings. The largest absolute Gasteiger partial charge is 0.479 e. The van der Waals surface area contributed by atoms with Gasteiger partial charge in [-0.15, -0.1) is 0 Å². The van der Waals surface area contributed by atoms with Crippen molar-refractivity contribution < 1.29 is 19.5 Å². The first kappa shape index (κ1) is 14.7. The van der Waals surface area contributed by atoms with Gasteiger partial charge in [0.2, 0.25) is 11.8 Å². The van der Waals surface area contributed by atoms with Crippen LogP contribution in [0.1, 0.15) is 47.5 Å². The number of carbonyl (C=O) groups is 3. The Morgan fingerprint density at radius 1 is 1.50 bits per heavy atom. The van der Waals surface area contributed by atoms with E-state index >= 15 is 0 Å². The third kappa shape index (κ3) is 1.82. The number of amides is 2. The molecule has 1 saturated heterocycles. The van der Waals surface area contributed by atoms with E-state index in [0.717, 1.165) is 4.90 Å². The maximum absolute atomic E-state index is 12.4. The Morgan fingerprint density at radius 2 is 2.00 bits per heavy atom. The number of aliphatic carboxylic acids is 1. The number of nitrogens with zero attached hydrogens (tertiary/aromatic N) is 1. The molecule has 0 radical (unpaired) electrons. The van der Waals surface area contributed by atoms with Crippen LogP contribution in [0.4, 0.5) is 0 Å². The average molecular weight is 255 g/mol. The van der Waals surface area contributed by atoms with E-state index in [1.54, 1.807) is 13.8 Å². The van der Waals surface area contributed by atoms with Crippen LogP contribution in [0.15, 0.2) is 0 Å². The van der Waals surface area contributed by atoms with Crippen LogP contribution in [0.2, 0.25) is 0 Å². The molecule has 1 fully saturated rings. The van der Waals surface area contributed by atoms with E-state index < -0.39 is 16.9 Å². The zero-order valence-corrected chi connectivity index (χ0v) is 11.6. The second kappa shape index (κ2) is 4.37. The summed E-state index contributed by atoms with van der Waals surface area (Å²) in [5, 5.41) is 9.29. The van der Waals surface area contributed by atoms with Crippen molar-refractivity contribution in [3.63, 3.8) is 0 Å². The summed E-state index contributed by atoms with van der Waals surface area (Å²) in [5.74, 6) is -1.90. The Balaban J connectivity index is 3.24. The van der Waals surface area contributed by atoms with E-state index in [1.807, 2.05) is 13.8 Å². The number of carboxylic acid groups (broad SMARTS) is 1. The van der Waals surface area contributed by atoms with Crippen LogP contribution in [0.5, 0.6) is 0 Å². The van der Waals surface area contributed by atoms with E-state index in [-0.39, 0.29) is 30.6 Å². The lowest BCUT2D eigenvalue weighted by atomic mass is 9.77. The maximum atomic E-state index is 12.4. The van der Waals surface area contributed by atoms with Crippen molar-refractivity contribution in [3.8, 4) is 0 Å². The number of carbonyl (C=O) groups excluding carboxylic acids is 2. The van der Waals surface area contributed by atoms with Gasteiger partial charge in [-0.05, 0) is 26.2 Å². The van der Waals surface area contributed by atoms with Crippen LogP contribution in [0.3, 0.4) is 0 Å². The summed E-state index contributed by atoms with van der Waals surface area (Å²) in [6.07, 6.45) is 0.292. The maximum Gasteiger partial charge on any atom is 0.329 e. The van der Waals surface area contributed by atoms with Crippen LogP contribution >= 0.6 is 0 Å². The SMILES string of the molecule is CCC(C)(C(=O)O)N1C(=O)CC(C)(C(C)C)C1=O. The van der Waals surface area contributed by atoms with Crippen molar-refractivity contribution in [2.24, 2.45) is 11.3 Å². The summed E-state index contributed by atoms with van der Waals surface area (Å²) < 4.78 is 0. The lowest BCUT2D eigenvalue weighted by Gasteiger charge is -2.34. The van der Waals surface area contributed by atoms with Crippen LogP contribution in [-0.2, 0) is 14.4 Å². The zero-order chi connectivity index (χ0) is 14.3. The van der Waals surface area contributed by atoms with Gasteiger partial charge in [-0.25, -0.2) is 4.79 Å². The van der Waals surface area contributed by atoms with Gasteiger partial charge < -0.3 is 5.11 Å². The fourth-order valence-electron chi connectivity index (χ4n) is 2.19. The number of hydrogen-bond acceptors (Lipinski definition) is 3. The first-order chi connectivity index (χ1) is 8.11. The normalized spacial score (nSPS) is 27.8. The Bertz CT molecular complexity index is 404. The summed E-state index contributed by atoms with van der Waals surface area (Å²) >= 11 is 0. The minimum Gasteiger partial charge on any atom is -0.479 e. The molecule has 0 aromatic carbocycles. The van der Waals surface area contributed by atoms with Crippen LogP contribution in [0, 0.1) is 11.3 Å². The summed E-state index contributed by atoms with van der Waals surface area (Å²) in [6, 6.07) is 0. The molecule has 0 spiro atoms. The van der Waals surface area contributed by atoms with E-state index in [9.17, 15) is 19.5 Å². The van der Waals surface area contributed by atoms with Gasteiger partial charge in [0, 0.05) is 6.42 Å². The second-order valence-electron chi connectivity index (χ2n) is 5.72. The molecule has 2 atom stereocenters. The molecule has 1 rings (SSSR count). The molecule has 0 bridgehead atoms. The van der Waals surface area contributed by atoms with E-state index in [4.69, 9.17) is 0 Å². The van der Waals surface area contributed by atoms with Gasteiger partial charge in [-0.1, -0.05) is 20.8 Å². The lowest BCUT2D eigenvalue weighted by molar-refractivity contribution is -0.163. The molecule has 1 N–H and O–H groups in total. The summed E-state index contributed by atoms with van der Waals surface area (Å²) in [7, 11) is 0. The quantitative estimate of drug-likeness (QED) is 0.775. The van der Waals surface area contributed by atoms with Crippen molar-refractivity contribution in [1.29, 1.82) is 0 Å². The van der Waals surface area contributed by atoms with Crippen molar-refractivity contribution in [3.05, 3.63) is 0 Å². The van der Waals surface area contributed by atoms with Gasteiger partial charge in [0.05, 0.1) is 5.41 Å². The van der Waals surface area contributed by atoms with Crippen molar-refractivity contribution in [2.45, 2.75) is 53.0 Å². The number of imide groups is 1. The lowest BCUT2D eigenvalue weighted by Crippen LogP contribution is -2.56. The highest BCUT2D eigenvalue weighted by Gasteiger charge is 2.57. The Hall–Kier alpha value is -1.39. The van der Waals surface area contributed by atoms with Gasteiger partial charge in [-0.3, -0.25) is 14.5 Å². The van der Waals surface area contributed by atoms with Gasteiger partial charge >= 0.3 is 5.97 Å². The predicted octanol–water partition coefficient (Wildman–Crippen LogP) is 1.66. The molecular weight excluding hydrogens is 234 g/mol. The summed E-state index contributed by atoms with van der Waals surface area (Å²) in [4.78, 5) is 36.8. The molecule has 0 aromatic heterocycles. The highest BCUT2D eigenvalue weighted by Crippen LogP contribution is 2.42. The third-order valence-electron chi connectivity index (χ3n) is 4.38. The summed E-state index contributed by atoms with van der Waals surface area (Å²) in [5.41, 5.74) is -2.23. The molecule has 2 amide bonds. The van der Waals surface area contributed by atoms with Gasteiger partial charge in [0.15, 0.2) is 0 Å². The molecule has 1 aliphatic heterocycles. The van der Waals surface area contributed by atoms with E-state index in [0.29, 0.717) is 0 Å². The molecule has 1 heterocycles. The molecule has 18 heavy (non-hydrogen) atoms. The highest BCUT2D eigenvalue weighted by atomic mass is 16.4. The van der Waals surface area contributed by atoms with Crippen LogP contribution < -0.4 is 0 Å². The molecule has 5 heteroatoms. The van der Waals surface area contributed by atoms with Gasteiger partial charge in [0.25, 0.3) is 0 Å². The van der Waals surface area contributed by atoms with Gasteiger partial charge in [0.1, 0.15) is 5.54 Å². The average Bonchev–Trinajstić information content (AvgIpc) is 2.50. The minimum atomic E-state index is -1.44. The van der Waals surface area contributed by atoms with Crippen molar-refractivity contribution >= 4 is 17.8 Å². The molecule has 0 saturated carbocycles. The molecule has 102 valence electrons. The topological polar surface area (TPSA) is 74.7 Å². The Kier molecular flexibility index (Phi) is 3.56. The minimum absolute atomic E-state index is 0.00569.